The van der Waals surface area contributed by atoms with E-state index in [0.717, 1.165) is 30.4 Å². The third-order valence-electron chi connectivity index (χ3n) is 7.26. The van der Waals surface area contributed by atoms with Gasteiger partial charge in [0.2, 0.25) is 0 Å². The summed E-state index contributed by atoms with van der Waals surface area (Å²) in [7, 11) is 1.75. The molecule has 0 aromatic heterocycles. The molecule has 4 rings (SSSR count). The second kappa shape index (κ2) is 5.26. The van der Waals surface area contributed by atoms with Crippen molar-refractivity contribution in [1.82, 2.24) is 0 Å². The molecular weight excluding hydrogens is 272 g/mol. The van der Waals surface area contributed by atoms with Gasteiger partial charge < -0.3 is 9.84 Å². The van der Waals surface area contributed by atoms with Crippen LogP contribution in [0.2, 0.25) is 0 Å². The number of fused-ring (bicyclic) bond motifs is 5. The highest BCUT2D eigenvalue weighted by atomic mass is 16.5. The Labute approximate surface area is 133 Å². The van der Waals surface area contributed by atoms with Gasteiger partial charge in [0.05, 0.1) is 13.2 Å². The van der Waals surface area contributed by atoms with Crippen molar-refractivity contribution in [3.05, 3.63) is 29.3 Å². The zero-order valence-electron chi connectivity index (χ0n) is 13.8. The van der Waals surface area contributed by atoms with E-state index in [2.05, 4.69) is 25.1 Å². The molecular formula is C20H28O2. The Morgan fingerprint density at radius 2 is 2.09 bits per heavy atom. The number of benzene rings is 1. The van der Waals surface area contributed by atoms with Gasteiger partial charge in [-0.1, -0.05) is 13.0 Å². The number of methoxy groups -OCH3 is 1. The minimum Gasteiger partial charge on any atom is -0.497 e. The maximum atomic E-state index is 10.6. The first kappa shape index (κ1) is 14.6. The second-order valence-corrected chi connectivity index (χ2v) is 7.70. The van der Waals surface area contributed by atoms with Gasteiger partial charge in [-0.2, -0.15) is 0 Å². The van der Waals surface area contributed by atoms with E-state index in [1.807, 2.05) is 0 Å². The fourth-order valence-electron chi connectivity index (χ4n) is 6.14. The molecule has 0 amide bonds. The molecule has 3 aliphatic carbocycles. The highest BCUT2D eigenvalue weighted by molar-refractivity contribution is 5.40. The number of aliphatic hydroxyl groups is 1. The summed E-state index contributed by atoms with van der Waals surface area (Å²) < 4.78 is 5.40. The van der Waals surface area contributed by atoms with Crippen LogP contribution in [-0.2, 0) is 6.42 Å². The lowest BCUT2D eigenvalue weighted by Gasteiger charge is -2.51. The molecule has 2 fully saturated rings. The summed E-state index contributed by atoms with van der Waals surface area (Å²) in [6, 6.07) is 6.69. The van der Waals surface area contributed by atoms with Crippen LogP contribution in [0, 0.1) is 17.3 Å². The lowest BCUT2D eigenvalue weighted by Crippen LogP contribution is -2.45. The molecule has 0 radical (unpaired) electrons. The topological polar surface area (TPSA) is 29.5 Å². The normalized spacial score (nSPS) is 39.8. The van der Waals surface area contributed by atoms with Crippen molar-refractivity contribution in [2.75, 3.05) is 7.11 Å². The molecule has 2 heteroatoms. The fraction of sp³-hybridized carbons (Fsp3) is 0.700. The first-order chi connectivity index (χ1) is 10.7. The monoisotopic (exact) mass is 300 g/mol. The third kappa shape index (κ3) is 1.89. The number of aryl methyl sites for hydroxylation is 1. The summed E-state index contributed by atoms with van der Waals surface area (Å²) >= 11 is 0. The lowest BCUT2D eigenvalue weighted by molar-refractivity contribution is -0.0394. The SMILES string of the molecule is CC[C@]12CCC3c4ccc(OC)cc4CCC3C1CCC2O. The molecule has 2 saturated carbocycles. The van der Waals surface area contributed by atoms with Gasteiger partial charge in [0.25, 0.3) is 0 Å². The first-order valence-corrected chi connectivity index (χ1v) is 9.04. The Morgan fingerprint density at radius 1 is 1.23 bits per heavy atom. The van der Waals surface area contributed by atoms with Crippen molar-refractivity contribution < 1.29 is 9.84 Å². The van der Waals surface area contributed by atoms with Crippen molar-refractivity contribution in [3.8, 4) is 5.75 Å². The van der Waals surface area contributed by atoms with E-state index in [9.17, 15) is 5.11 Å². The Kier molecular flexibility index (Phi) is 3.48. The van der Waals surface area contributed by atoms with E-state index in [1.54, 1.807) is 12.7 Å². The van der Waals surface area contributed by atoms with Crippen LogP contribution in [0.1, 0.15) is 62.5 Å². The highest BCUT2D eigenvalue weighted by Crippen LogP contribution is 2.62. The van der Waals surface area contributed by atoms with E-state index < -0.39 is 0 Å². The quantitative estimate of drug-likeness (QED) is 0.882. The second-order valence-electron chi connectivity index (χ2n) is 7.70. The number of hydrogen-bond donors (Lipinski definition) is 1. The van der Waals surface area contributed by atoms with Crippen LogP contribution >= 0.6 is 0 Å². The molecule has 3 aliphatic rings. The molecule has 5 atom stereocenters. The number of rotatable bonds is 2. The summed E-state index contributed by atoms with van der Waals surface area (Å²) in [5.41, 5.74) is 3.30. The average Bonchev–Trinajstić information content (AvgIpc) is 2.91. The van der Waals surface area contributed by atoms with Crippen LogP contribution in [0.3, 0.4) is 0 Å². The predicted molar refractivity (Wildman–Crippen MR) is 88.2 cm³/mol. The third-order valence-corrected chi connectivity index (χ3v) is 7.26. The van der Waals surface area contributed by atoms with Crippen LogP contribution in [0.25, 0.3) is 0 Å². The molecule has 0 spiro atoms. The molecule has 0 aliphatic heterocycles. The average molecular weight is 300 g/mol. The minimum absolute atomic E-state index is 0.0549. The van der Waals surface area contributed by atoms with Crippen molar-refractivity contribution >= 4 is 0 Å². The summed E-state index contributed by atoms with van der Waals surface area (Å²) in [5, 5.41) is 10.6. The maximum Gasteiger partial charge on any atom is 0.119 e. The van der Waals surface area contributed by atoms with E-state index >= 15 is 0 Å². The predicted octanol–water partition coefficient (Wildman–Crippen LogP) is 4.30. The number of aliphatic hydroxyl groups excluding tert-OH is 1. The van der Waals surface area contributed by atoms with E-state index in [1.165, 1.54) is 37.7 Å². The van der Waals surface area contributed by atoms with Crippen LogP contribution in [-0.4, -0.2) is 18.3 Å². The summed E-state index contributed by atoms with van der Waals surface area (Å²) in [6.07, 6.45) is 8.30. The molecule has 0 heterocycles. The van der Waals surface area contributed by atoms with Gasteiger partial charge in [-0.3, -0.25) is 0 Å². The standard InChI is InChI=1S/C20H28O2/c1-3-20-11-10-16-15-7-5-14(22-2)12-13(15)4-6-17(16)18(20)8-9-19(20)21/h5,7,12,16-19,21H,3-4,6,8-11H2,1-2H3/t16?,17?,18?,19?,20-/m0/s1. The highest BCUT2D eigenvalue weighted by Gasteiger charge is 2.55. The smallest absolute Gasteiger partial charge is 0.119 e. The Hall–Kier alpha value is -1.02. The van der Waals surface area contributed by atoms with Crippen LogP contribution in [0.15, 0.2) is 18.2 Å². The van der Waals surface area contributed by atoms with Gasteiger partial charge in [0.15, 0.2) is 0 Å². The van der Waals surface area contributed by atoms with Crippen molar-refractivity contribution in [3.63, 3.8) is 0 Å². The van der Waals surface area contributed by atoms with Crippen LogP contribution in [0.4, 0.5) is 0 Å². The molecule has 2 nitrogen and oxygen atoms in total. The summed E-state index contributed by atoms with van der Waals surface area (Å²) in [5.74, 6) is 3.23. The molecule has 22 heavy (non-hydrogen) atoms. The van der Waals surface area contributed by atoms with Gasteiger partial charge in [-0.25, -0.2) is 0 Å². The molecule has 1 N–H and O–H groups in total. The molecule has 0 bridgehead atoms. The van der Waals surface area contributed by atoms with Gasteiger partial charge in [-0.05, 0) is 91.4 Å². The summed E-state index contributed by atoms with van der Waals surface area (Å²) in [6.45, 7) is 2.30. The largest absolute Gasteiger partial charge is 0.497 e. The molecule has 1 aromatic rings. The van der Waals surface area contributed by atoms with E-state index in [-0.39, 0.29) is 11.5 Å². The fourth-order valence-corrected chi connectivity index (χ4v) is 6.14. The Bertz CT molecular complexity index is 567. The van der Waals surface area contributed by atoms with E-state index in [4.69, 9.17) is 4.74 Å². The van der Waals surface area contributed by atoms with Crippen molar-refractivity contribution in [2.24, 2.45) is 17.3 Å². The Morgan fingerprint density at radius 3 is 2.86 bits per heavy atom. The van der Waals surface area contributed by atoms with E-state index in [0.29, 0.717) is 5.92 Å². The lowest BCUT2D eigenvalue weighted by atomic mass is 9.54. The zero-order valence-corrected chi connectivity index (χ0v) is 13.8. The first-order valence-electron chi connectivity index (χ1n) is 9.04. The van der Waals surface area contributed by atoms with Gasteiger partial charge >= 0.3 is 0 Å². The minimum atomic E-state index is -0.0549. The van der Waals surface area contributed by atoms with Crippen LogP contribution < -0.4 is 4.74 Å². The summed E-state index contributed by atoms with van der Waals surface area (Å²) in [4.78, 5) is 0. The number of hydrogen-bond acceptors (Lipinski definition) is 2. The van der Waals surface area contributed by atoms with Gasteiger partial charge in [0, 0.05) is 0 Å². The van der Waals surface area contributed by atoms with Crippen molar-refractivity contribution in [2.45, 2.75) is 63.9 Å². The Balaban J connectivity index is 1.68. The molecule has 4 unspecified atom stereocenters. The molecule has 1 aromatic carbocycles. The van der Waals surface area contributed by atoms with Crippen LogP contribution in [0.5, 0.6) is 5.75 Å². The maximum absolute atomic E-state index is 10.6. The molecule has 120 valence electrons. The van der Waals surface area contributed by atoms with Gasteiger partial charge in [-0.15, -0.1) is 0 Å². The van der Waals surface area contributed by atoms with Gasteiger partial charge in [0.1, 0.15) is 5.75 Å². The van der Waals surface area contributed by atoms with Crippen molar-refractivity contribution in [1.29, 1.82) is 0 Å². The number of ether oxygens (including phenoxy) is 1. The molecule has 0 saturated heterocycles. The zero-order chi connectivity index (χ0) is 15.3.